The van der Waals surface area contributed by atoms with Crippen LogP contribution < -0.4 is 4.90 Å². The molecule has 0 saturated carbocycles. The lowest BCUT2D eigenvalue weighted by atomic mass is 10.1. The lowest BCUT2D eigenvalue weighted by Gasteiger charge is -2.16. The summed E-state index contributed by atoms with van der Waals surface area (Å²) in [5, 5.41) is 0. The van der Waals surface area contributed by atoms with Gasteiger partial charge in [-0.2, -0.15) is 0 Å². The maximum atomic E-state index is 12.4. The molecular formula is C16H12BrNO2. The zero-order chi connectivity index (χ0) is 14.3. The second-order valence-electron chi connectivity index (χ2n) is 4.63. The molecular weight excluding hydrogens is 318 g/mol. The van der Waals surface area contributed by atoms with Gasteiger partial charge >= 0.3 is 0 Å². The Morgan fingerprint density at radius 1 is 1.00 bits per heavy atom. The first-order valence-corrected chi connectivity index (χ1v) is 7.19. The fourth-order valence-corrected chi connectivity index (χ4v) is 2.96. The Balaban J connectivity index is 2.09. The number of rotatable bonds is 2. The van der Waals surface area contributed by atoms with Crippen molar-refractivity contribution in [3.05, 3.63) is 63.6 Å². The van der Waals surface area contributed by atoms with Crippen LogP contribution in [0.4, 0.5) is 5.69 Å². The summed E-state index contributed by atoms with van der Waals surface area (Å²) in [6, 6.07) is 12.6. The Labute approximate surface area is 125 Å². The quantitative estimate of drug-likeness (QED) is 0.785. The minimum atomic E-state index is -0.268. The molecule has 1 aliphatic rings. The minimum absolute atomic E-state index is 0.268. The summed E-state index contributed by atoms with van der Waals surface area (Å²) in [6.45, 7) is 2.06. The first-order chi connectivity index (χ1) is 9.63. The number of carbonyl (C=O) groups excluding carboxylic acids is 2. The standard InChI is InChI=1S/C16H12BrNO2/c1-2-10-7-8-14(13(17)9-10)18-15(19)11-5-3-4-6-12(11)16(18)20/h3-9H,2H2,1H3. The van der Waals surface area contributed by atoms with Crippen LogP contribution >= 0.6 is 15.9 Å². The Morgan fingerprint density at radius 2 is 1.60 bits per heavy atom. The van der Waals surface area contributed by atoms with Crippen LogP contribution in [0.15, 0.2) is 46.9 Å². The maximum absolute atomic E-state index is 12.4. The van der Waals surface area contributed by atoms with Gasteiger partial charge in [-0.25, -0.2) is 4.90 Å². The maximum Gasteiger partial charge on any atom is 0.266 e. The largest absolute Gasteiger partial charge is 0.268 e. The Morgan fingerprint density at radius 3 is 2.10 bits per heavy atom. The molecule has 1 heterocycles. The third-order valence-corrected chi connectivity index (χ3v) is 4.09. The zero-order valence-corrected chi connectivity index (χ0v) is 12.5. The van der Waals surface area contributed by atoms with Gasteiger partial charge in [-0.1, -0.05) is 25.1 Å². The van der Waals surface area contributed by atoms with Crippen LogP contribution in [0.1, 0.15) is 33.2 Å². The molecule has 0 bridgehead atoms. The summed E-state index contributed by atoms with van der Waals surface area (Å²) in [5.74, 6) is -0.536. The second-order valence-corrected chi connectivity index (χ2v) is 5.48. The molecule has 1 aliphatic heterocycles. The number of imide groups is 1. The number of fused-ring (bicyclic) bond motifs is 1. The van der Waals surface area contributed by atoms with E-state index in [4.69, 9.17) is 0 Å². The molecule has 20 heavy (non-hydrogen) atoms. The molecule has 4 heteroatoms. The summed E-state index contributed by atoms with van der Waals surface area (Å²) >= 11 is 3.45. The van der Waals surface area contributed by atoms with Crippen molar-refractivity contribution in [2.75, 3.05) is 4.90 Å². The first kappa shape index (κ1) is 13.1. The van der Waals surface area contributed by atoms with Crippen molar-refractivity contribution in [1.82, 2.24) is 0 Å². The average molecular weight is 330 g/mol. The fourth-order valence-electron chi connectivity index (χ4n) is 2.36. The molecule has 2 aromatic rings. The molecule has 0 aromatic heterocycles. The van der Waals surface area contributed by atoms with E-state index in [1.807, 2.05) is 18.2 Å². The van der Waals surface area contributed by atoms with Gasteiger partial charge in [-0.15, -0.1) is 0 Å². The molecule has 2 aromatic carbocycles. The molecule has 0 atom stereocenters. The predicted molar refractivity (Wildman–Crippen MR) is 81.1 cm³/mol. The summed E-state index contributed by atoms with van der Waals surface area (Å²) in [4.78, 5) is 26.0. The number of nitrogens with zero attached hydrogens (tertiary/aromatic N) is 1. The van der Waals surface area contributed by atoms with Crippen molar-refractivity contribution < 1.29 is 9.59 Å². The highest BCUT2D eigenvalue weighted by Crippen LogP contribution is 2.34. The molecule has 0 radical (unpaired) electrons. The molecule has 2 amide bonds. The smallest absolute Gasteiger partial charge is 0.266 e. The van der Waals surface area contributed by atoms with E-state index >= 15 is 0 Å². The van der Waals surface area contributed by atoms with Crippen molar-refractivity contribution >= 4 is 33.4 Å². The van der Waals surface area contributed by atoms with Crippen LogP contribution in [0.3, 0.4) is 0 Å². The molecule has 3 nitrogen and oxygen atoms in total. The number of halogens is 1. The first-order valence-electron chi connectivity index (χ1n) is 6.39. The van der Waals surface area contributed by atoms with Gasteiger partial charge in [0.2, 0.25) is 0 Å². The van der Waals surface area contributed by atoms with E-state index in [-0.39, 0.29) is 11.8 Å². The summed E-state index contributed by atoms with van der Waals surface area (Å²) in [6.07, 6.45) is 0.904. The van der Waals surface area contributed by atoms with Crippen molar-refractivity contribution in [1.29, 1.82) is 0 Å². The summed E-state index contributed by atoms with van der Waals surface area (Å²) in [5.41, 5.74) is 2.67. The van der Waals surface area contributed by atoms with Crippen LogP contribution in [0, 0.1) is 0 Å². The van der Waals surface area contributed by atoms with Gasteiger partial charge in [0.25, 0.3) is 11.8 Å². The van der Waals surface area contributed by atoms with E-state index in [9.17, 15) is 9.59 Å². The fraction of sp³-hybridized carbons (Fsp3) is 0.125. The van der Waals surface area contributed by atoms with Crippen LogP contribution in [0.2, 0.25) is 0 Å². The Hall–Kier alpha value is -1.94. The molecule has 0 N–H and O–H groups in total. The second kappa shape index (κ2) is 4.87. The molecule has 3 rings (SSSR count). The van der Waals surface area contributed by atoms with Crippen molar-refractivity contribution in [3.8, 4) is 0 Å². The third-order valence-electron chi connectivity index (χ3n) is 3.46. The lowest BCUT2D eigenvalue weighted by molar-refractivity contribution is 0.0926. The van der Waals surface area contributed by atoms with Crippen LogP contribution in [-0.2, 0) is 6.42 Å². The monoisotopic (exact) mass is 329 g/mol. The SMILES string of the molecule is CCc1ccc(N2C(=O)c3ccccc3C2=O)c(Br)c1. The lowest BCUT2D eigenvalue weighted by Crippen LogP contribution is -2.29. The van der Waals surface area contributed by atoms with Gasteiger partial charge in [0.15, 0.2) is 0 Å². The van der Waals surface area contributed by atoms with Gasteiger partial charge in [0.1, 0.15) is 0 Å². The topological polar surface area (TPSA) is 37.4 Å². The number of hydrogen-bond acceptors (Lipinski definition) is 2. The number of aryl methyl sites for hydroxylation is 1. The Bertz CT molecular complexity index is 689. The highest BCUT2D eigenvalue weighted by Gasteiger charge is 2.37. The van der Waals surface area contributed by atoms with Gasteiger partial charge in [0, 0.05) is 4.47 Å². The van der Waals surface area contributed by atoms with Crippen molar-refractivity contribution in [2.24, 2.45) is 0 Å². The van der Waals surface area contributed by atoms with E-state index in [0.717, 1.165) is 16.5 Å². The highest BCUT2D eigenvalue weighted by atomic mass is 79.9. The summed E-state index contributed by atoms with van der Waals surface area (Å²) in [7, 11) is 0. The van der Waals surface area contributed by atoms with E-state index in [1.54, 1.807) is 24.3 Å². The number of amides is 2. The molecule has 0 saturated heterocycles. The van der Waals surface area contributed by atoms with Gasteiger partial charge < -0.3 is 0 Å². The summed E-state index contributed by atoms with van der Waals surface area (Å²) < 4.78 is 0.756. The molecule has 0 unspecified atom stereocenters. The van der Waals surface area contributed by atoms with Gasteiger partial charge in [0.05, 0.1) is 16.8 Å². The van der Waals surface area contributed by atoms with E-state index in [0.29, 0.717) is 16.8 Å². The van der Waals surface area contributed by atoms with E-state index in [1.165, 1.54) is 4.90 Å². The van der Waals surface area contributed by atoms with Crippen LogP contribution in [-0.4, -0.2) is 11.8 Å². The van der Waals surface area contributed by atoms with Gasteiger partial charge in [-0.05, 0) is 52.2 Å². The Kier molecular flexibility index (Phi) is 3.18. The molecule has 0 aliphatic carbocycles. The highest BCUT2D eigenvalue weighted by molar-refractivity contribution is 9.10. The zero-order valence-electron chi connectivity index (χ0n) is 10.9. The van der Waals surface area contributed by atoms with Crippen molar-refractivity contribution in [2.45, 2.75) is 13.3 Å². The van der Waals surface area contributed by atoms with Crippen LogP contribution in [0.5, 0.6) is 0 Å². The number of anilines is 1. The molecule has 0 spiro atoms. The van der Waals surface area contributed by atoms with E-state index < -0.39 is 0 Å². The number of hydrogen-bond donors (Lipinski definition) is 0. The normalized spacial score (nSPS) is 13.8. The number of benzene rings is 2. The average Bonchev–Trinajstić information content (AvgIpc) is 2.72. The number of carbonyl (C=O) groups is 2. The predicted octanol–water partition coefficient (Wildman–Crippen LogP) is 3.81. The van der Waals surface area contributed by atoms with Crippen molar-refractivity contribution in [3.63, 3.8) is 0 Å². The van der Waals surface area contributed by atoms with E-state index in [2.05, 4.69) is 22.9 Å². The third kappa shape index (κ3) is 1.88. The van der Waals surface area contributed by atoms with Crippen LogP contribution in [0.25, 0.3) is 0 Å². The molecule has 0 fully saturated rings. The minimum Gasteiger partial charge on any atom is -0.268 e. The molecule has 100 valence electrons. The van der Waals surface area contributed by atoms with Gasteiger partial charge in [-0.3, -0.25) is 9.59 Å².